The van der Waals surface area contributed by atoms with Gasteiger partial charge in [0.25, 0.3) is 0 Å². The molecule has 0 amide bonds. The van der Waals surface area contributed by atoms with Crippen LogP contribution in [0.2, 0.25) is 0 Å². The van der Waals surface area contributed by atoms with Gasteiger partial charge in [-0.05, 0) is 41.7 Å². The van der Waals surface area contributed by atoms with Crippen LogP contribution in [0.15, 0.2) is 72.8 Å². The summed E-state index contributed by atoms with van der Waals surface area (Å²) >= 11 is 0. The van der Waals surface area contributed by atoms with Gasteiger partial charge >= 0.3 is 0 Å². The molecule has 0 aliphatic carbocycles. The summed E-state index contributed by atoms with van der Waals surface area (Å²) in [4.78, 5) is 2.32. The molecule has 0 spiro atoms. The van der Waals surface area contributed by atoms with Crippen LogP contribution in [0.4, 0.5) is 11.4 Å². The quantitative estimate of drug-likeness (QED) is 0.560. The van der Waals surface area contributed by atoms with Gasteiger partial charge in [0.2, 0.25) is 0 Å². The monoisotopic (exact) mass is 313 g/mol. The minimum Gasteiger partial charge on any atom is -0.344 e. The summed E-state index contributed by atoms with van der Waals surface area (Å²) in [7, 11) is 2.17. The fraction of sp³-hybridized carbons (Fsp3) is 0.217. The molecule has 3 aromatic rings. The molecule has 1 atom stereocenters. The SMILES string of the molecule is Cc1ccc(C(C)C2c3ccccc3N(C)c3ccccc32)cc1. The fourth-order valence-corrected chi connectivity index (χ4v) is 4.01. The molecule has 0 radical (unpaired) electrons. The third-order valence-corrected chi connectivity index (χ3v) is 5.37. The minimum absolute atomic E-state index is 0.385. The summed E-state index contributed by atoms with van der Waals surface area (Å²) in [6.07, 6.45) is 0. The van der Waals surface area contributed by atoms with Gasteiger partial charge in [0, 0.05) is 24.3 Å². The average molecular weight is 313 g/mol. The first-order chi connectivity index (χ1) is 11.7. The van der Waals surface area contributed by atoms with E-state index in [9.17, 15) is 0 Å². The zero-order chi connectivity index (χ0) is 16.7. The van der Waals surface area contributed by atoms with Crippen molar-refractivity contribution in [1.82, 2.24) is 0 Å². The number of nitrogens with zero attached hydrogens (tertiary/aromatic N) is 1. The molecule has 24 heavy (non-hydrogen) atoms. The van der Waals surface area contributed by atoms with Gasteiger partial charge < -0.3 is 4.90 Å². The molecule has 1 aliphatic rings. The number of fused-ring (bicyclic) bond motifs is 2. The molecular weight excluding hydrogens is 290 g/mol. The lowest BCUT2D eigenvalue weighted by atomic mass is 9.75. The Bertz CT molecular complexity index is 816. The van der Waals surface area contributed by atoms with Crippen LogP contribution in [0.1, 0.15) is 41.0 Å². The van der Waals surface area contributed by atoms with Gasteiger partial charge in [0.05, 0.1) is 0 Å². The minimum atomic E-state index is 0.385. The zero-order valence-corrected chi connectivity index (χ0v) is 14.5. The highest BCUT2D eigenvalue weighted by atomic mass is 15.1. The maximum atomic E-state index is 2.36. The first-order valence-electron chi connectivity index (χ1n) is 8.65. The van der Waals surface area contributed by atoms with Crippen LogP contribution in [0.25, 0.3) is 0 Å². The van der Waals surface area contributed by atoms with Crippen LogP contribution in [-0.4, -0.2) is 7.05 Å². The number of hydrogen-bond donors (Lipinski definition) is 0. The summed E-state index contributed by atoms with van der Waals surface area (Å²) in [5.74, 6) is 0.818. The summed E-state index contributed by atoms with van der Waals surface area (Å²) in [6.45, 7) is 4.50. The highest BCUT2D eigenvalue weighted by molar-refractivity contribution is 5.76. The molecule has 0 aromatic heterocycles. The van der Waals surface area contributed by atoms with Gasteiger partial charge in [0.15, 0.2) is 0 Å². The lowest BCUT2D eigenvalue weighted by Crippen LogP contribution is -2.24. The van der Waals surface area contributed by atoms with Gasteiger partial charge in [-0.2, -0.15) is 0 Å². The smallest absolute Gasteiger partial charge is 0.0447 e. The molecule has 1 heteroatoms. The van der Waals surface area contributed by atoms with Crippen molar-refractivity contribution in [2.75, 3.05) is 11.9 Å². The van der Waals surface area contributed by atoms with Crippen molar-refractivity contribution < 1.29 is 0 Å². The van der Waals surface area contributed by atoms with Crippen LogP contribution in [0.5, 0.6) is 0 Å². The molecular formula is C23H23N. The standard InChI is InChI=1S/C23H23N/c1-16-12-14-18(15-13-16)17(2)23-19-8-4-6-10-21(19)24(3)22-11-7-5-9-20(22)23/h4-15,17,23H,1-3H3. The van der Waals surface area contributed by atoms with Crippen LogP contribution in [-0.2, 0) is 0 Å². The predicted octanol–water partition coefficient (Wildman–Crippen LogP) is 6.01. The van der Waals surface area contributed by atoms with E-state index in [0.29, 0.717) is 11.8 Å². The summed E-state index contributed by atoms with van der Waals surface area (Å²) in [5.41, 5.74) is 8.20. The first-order valence-corrected chi connectivity index (χ1v) is 8.65. The maximum absolute atomic E-state index is 2.36. The number of aryl methyl sites for hydroxylation is 1. The van der Waals surface area contributed by atoms with Gasteiger partial charge in [-0.1, -0.05) is 73.2 Å². The van der Waals surface area contributed by atoms with Crippen LogP contribution in [0.3, 0.4) is 0 Å². The fourth-order valence-electron chi connectivity index (χ4n) is 4.01. The molecule has 0 N–H and O–H groups in total. The lowest BCUT2D eigenvalue weighted by molar-refractivity contribution is 0.649. The van der Waals surface area contributed by atoms with E-state index in [-0.39, 0.29) is 0 Å². The Balaban J connectivity index is 1.88. The Kier molecular flexibility index (Phi) is 3.65. The van der Waals surface area contributed by atoms with Crippen molar-refractivity contribution in [3.8, 4) is 0 Å². The molecule has 4 rings (SSSR count). The van der Waals surface area contributed by atoms with Crippen LogP contribution >= 0.6 is 0 Å². The van der Waals surface area contributed by atoms with Gasteiger partial charge in [-0.3, -0.25) is 0 Å². The predicted molar refractivity (Wildman–Crippen MR) is 102 cm³/mol. The number of anilines is 2. The summed E-state index contributed by atoms with van der Waals surface area (Å²) in [5, 5.41) is 0. The summed E-state index contributed by atoms with van der Waals surface area (Å²) in [6, 6.07) is 26.7. The number of para-hydroxylation sites is 2. The normalized spacial score (nSPS) is 14.9. The second kappa shape index (κ2) is 5.83. The zero-order valence-electron chi connectivity index (χ0n) is 14.5. The molecule has 3 aromatic carbocycles. The molecule has 120 valence electrons. The molecule has 1 nitrogen and oxygen atoms in total. The molecule has 1 aliphatic heterocycles. The van der Waals surface area contributed by atoms with Gasteiger partial charge in [0.1, 0.15) is 0 Å². The second-order valence-corrected chi connectivity index (χ2v) is 6.85. The number of rotatable bonds is 2. The topological polar surface area (TPSA) is 3.24 Å². The van der Waals surface area contributed by atoms with Crippen molar-refractivity contribution in [2.24, 2.45) is 0 Å². The third-order valence-electron chi connectivity index (χ3n) is 5.37. The lowest BCUT2D eigenvalue weighted by Gasteiger charge is -2.38. The van der Waals surface area contributed by atoms with Crippen molar-refractivity contribution in [1.29, 1.82) is 0 Å². The molecule has 0 saturated heterocycles. The van der Waals surface area contributed by atoms with E-state index in [2.05, 4.69) is 98.6 Å². The molecule has 0 fully saturated rings. The van der Waals surface area contributed by atoms with E-state index < -0.39 is 0 Å². The van der Waals surface area contributed by atoms with Gasteiger partial charge in [-0.25, -0.2) is 0 Å². The molecule has 0 saturated carbocycles. The van der Waals surface area contributed by atoms with Crippen LogP contribution in [0, 0.1) is 6.92 Å². The second-order valence-electron chi connectivity index (χ2n) is 6.85. The largest absolute Gasteiger partial charge is 0.344 e. The summed E-state index contributed by atoms with van der Waals surface area (Å²) < 4.78 is 0. The molecule has 1 unspecified atom stereocenters. The van der Waals surface area contributed by atoms with Gasteiger partial charge in [-0.15, -0.1) is 0 Å². The Labute approximate surface area is 144 Å². The van der Waals surface area contributed by atoms with Crippen molar-refractivity contribution in [2.45, 2.75) is 25.7 Å². The number of benzene rings is 3. The highest BCUT2D eigenvalue weighted by Crippen LogP contribution is 2.50. The average Bonchev–Trinajstić information content (AvgIpc) is 2.62. The van der Waals surface area contributed by atoms with Crippen molar-refractivity contribution in [3.63, 3.8) is 0 Å². The van der Waals surface area contributed by atoms with E-state index in [1.807, 2.05) is 0 Å². The Hall–Kier alpha value is -2.54. The Morgan fingerprint density at radius 3 is 1.79 bits per heavy atom. The van der Waals surface area contributed by atoms with E-state index >= 15 is 0 Å². The van der Waals surface area contributed by atoms with E-state index in [4.69, 9.17) is 0 Å². The van der Waals surface area contributed by atoms with E-state index in [0.717, 1.165) is 0 Å². The maximum Gasteiger partial charge on any atom is 0.0447 e. The van der Waals surface area contributed by atoms with Crippen LogP contribution < -0.4 is 4.90 Å². The van der Waals surface area contributed by atoms with E-state index in [1.54, 1.807) is 0 Å². The number of hydrogen-bond acceptors (Lipinski definition) is 1. The Morgan fingerprint density at radius 1 is 0.750 bits per heavy atom. The van der Waals surface area contributed by atoms with Crippen molar-refractivity contribution >= 4 is 11.4 Å². The Morgan fingerprint density at radius 2 is 1.25 bits per heavy atom. The molecule has 1 heterocycles. The highest BCUT2D eigenvalue weighted by Gasteiger charge is 2.32. The molecule has 0 bridgehead atoms. The first kappa shape index (κ1) is 15.0. The van der Waals surface area contributed by atoms with E-state index in [1.165, 1.54) is 33.6 Å². The van der Waals surface area contributed by atoms with Crippen molar-refractivity contribution in [3.05, 3.63) is 95.1 Å². The third kappa shape index (κ3) is 2.32.